The number of rotatable bonds is 2. The van der Waals surface area contributed by atoms with Crippen LogP contribution in [0.5, 0.6) is 0 Å². The molecule has 0 radical (unpaired) electrons. The molecule has 0 bridgehead atoms. The number of nitrogens with zero attached hydrogens (tertiary/aromatic N) is 4. The van der Waals surface area contributed by atoms with E-state index in [0.29, 0.717) is 11.5 Å². The molecule has 136 valence electrons. The topological polar surface area (TPSA) is 65.7 Å². The van der Waals surface area contributed by atoms with Gasteiger partial charge in [-0.25, -0.2) is 14.2 Å². The number of carbonyl (C=O) groups excluding carboxylic acids is 1. The minimum absolute atomic E-state index is 0.0305. The maximum atomic E-state index is 14.6. The van der Waals surface area contributed by atoms with Gasteiger partial charge in [-0.3, -0.25) is 9.80 Å². The van der Waals surface area contributed by atoms with E-state index in [2.05, 4.69) is 9.88 Å². The van der Waals surface area contributed by atoms with Gasteiger partial charge < -0.3 is 10.6 Å². The van der Waals surface area contributed by atoms with Gasteiger partial charge in [-0.05, 0) is 38.6 Å². The molecule has 1 fully saturated rings. The fourth-order valence-corrected chi connectivity index (χ4v) is 3.92. The number of aryl methyl sites for hydroxylation is 1. The van der Waals surface area contributed by atoms with Crippen molar-refractivity contribution in [3.63, 3.8) is 0 Å². The lowest BCUT2D eigenvalue weighted by Crippen LogP contribution is -2.53. The average molecular weight is 355 g/mol. The normalized spacial score (nSPS) is 20.6. The number of nitrogen functional groups attached to an aromatic ring is 1. The third-order valence-corrected chi connectivity index (χ3v) is 5.20. The number of likely N-dealkylation sites (N-methyl/N-ethyl adjacent to an activating group) is 1. The Morgan fingerprint density at radius 3 is 2.85 bits per heavy atom. The molecule has 1 saturated heterocycles. The van der Waals surface area contributed by atoms with Crippen molar-refractivity contribution in [1.29, 1.82) is 0 Å². The van der Waals surface area contributed by atoms with Crippen LogP contribution in [0.3, 0.4) is 0 Å². The largest absolute Gasteiger partial charge is 0.384 e. The van der Waals surface area contributed by atoms with Crippen molar-refractivity contribution in [2.45, 2.75) is 25.9 Å². The second-order valence-corrected chi connectivity index (χ2v) is 7.09. The molecule has 0 unspecified atom stereocenters. The van der Waals surface area contributed by atoms with Crippen molar-refractivity contribution < 1.29 is 9.18 Å². The number of fused-ring (bicyclic) bond motifs is 1. The molecule has 2 aliphatic heterocycles. The van der Waals surface area contributed by atoms with E-state index in [1.807, 2.05) is 20.0 Å². The molecule has 1 aromatic heterocycles. The van der Waals surface area contributed by atoms with Crippen LogP contribution in [0.15, 0.2) is 30.5 Å². The summed E-state index contributed by atoms with van der Waals surface area (Å²) in [4.78, 5) is 23.1. The fraction of sp³-hybridized carbons (Fsp3) is 0.368. The van der Waals surface area contributed by atoms with Gasteiger partial charge in [0.25, 0.3) is 0 Å². The smallest absolute Gasteiger partial charge is 0.329 e. The number of hydrogen-bond donors (Lipinski definition) is 1. The number of para-hydroxylation sites is 1. The SMILES string of the molecule is Cc1cccc(F)c1N1Cc2cnc(N)cc2N([C@@H]2CCN(C)C2)C1=O. The van der Waals surface area contributed by atoms with Crippen molar-refractivity contribution in [2.24, 2.45) is 0 Å². The highest BCUT2D eigenvalue weighted by molar-refractivity contribution is 6.07. The minimum Gasteiger partial charge on any atom is -0.384 e. The number of urea groups is 1. The van der Waals surface area contributed by atoms with Gasteiger partial charge in [0.05, 0.1) is 24.0 Å². The van der Waals surface area contributed by atoms with Crippen molar-refractivity contribution in [3.8, 4) is 0 Å². The van der Waals surface area contributed by atoms with Gasteiger partial charge >= 0.3 is 6.03 Å². The molecular formula is C19H22FN5O. The molecule has 0 aliphatic carbocycles. The van der Waals surface area contributed by atoms with Crippen LogP contribution in [0.4, 0.5) is 26.4 Å². The third kappa shape index (κ3) is 2.68. The predicted molar refractivity (Wildman–Crippen MR) is 99.7 cm³/mol. The van der Waals surface area contributed by atoms with Gasteiger partial charge in [0.2, 0.25) is 0 Å². The highest BCUT2D eigenvalue weighted by atomic mass is 19.1. The quantitative estimate of drug-likeness (QED) is 0.900. The average Bonchev–Trinajstić information content (AvgIpc) is 3.01. The van der Waals surface area contributed by atoms with Gasteiger partial charge in [0, 0.05) is 24.4 Å². The van der Waals surface area contributed by atoms with E-state index in [4.69, 9.17) is 5.73 Å². The molecule has 7 heteroatoms. The highest BCUT2D eigenvalue weighted by Crippen LogP contribution is 2.37. The standard InChI is InChI=1S/C19H22FN5O/c1-12-4-3-5-15(20)18(12)24-10-13-9-22-17(21)8-16(13)25(19(24)26)14-6-7-23(2)11-14/h3-5,8-9,14H,6-7,10-11H2,1-2H3,(H2,21,22)/t14-/m1/s1. The van der Waals surface area contributed by atoms with Gasteiger partial charge in [0.1, 0.15) is 11.6 Å². The van der Waals surface area contributed by atoms with Crippen molar-refractivity contribution in [2.75, 3.05) is 35.7 Å². The van der Waals surface area contributed by atoms with Gasteiger partial charge in [-0.2, -0.15) is 0 Å². The first-order chi connectivity index (χ1) is 12.5. The summed E-state index contributed by atoms with van der Waals surface area (Å²) in [5, 5.41) is 0. The van der Waals surface area contributed by atoms with E-state index < -0.39 is 5.82 Å². The van der Waals surface area contributed by atoms with Crippen LogP contribution in [0.25, 0.3) is 0 Å². The van der Waals surface area contributed by atoms with Crippen LogP contribution in [0, 0.1) is 12.7 Å². The summed E-state index contributed by atoms with van der Waals surface area (Å²) in [6.45, 7) is 3.79. The molecule has 1 atom stereocenters. The zero-order valence-electron chi connectivity index (χ0n) is 14.9. The maximum Gasteiger partial charge on any atom is 0.329 e. The van der Waals surface area contributed by atoms with Crippen LogP contribution in [-0.4, -0.2) is 42.1 Å². The monoisotopic (exact) mass is 355 g/mol. The second kappa shape index (κ2) is 6.25. The summed E-state index contributed by atoms with van der Waals surface area (Å²) in [5.41, 5.74) is 8.59. The molecule has 26 heavy (non-hydrogen) atoms. The Labute approximate surface area is 152 Å². The first kappa shape index (κ1) is 16.8. The van der Waals surface area contributed by atoms with Gasteiger partial charge in [-0.15, -0.1) is 0 Å². The highest BCUT2D eigenvalue weighted by Gasteiger charge is 2.39. The van der Waals surface area contributed by atoms with Gasteiger partial charge in [0.15, 0.2) is 0 Å². The van der Waals surface area contributed by atoms with E-state index in [-0.39, 0.29) is 18.6 Å². The summed E-state index contributed by atoms with van der Waals surface area (Å²) in [5.74, 6) is -0.0166. The number of carbonyl (C=O) groups is 1. The number of likely N-dealkylation sites (tertiary alicyclic amines) is 1. The number of amides is 2. The minimum atomic E-state index is -0.395. The number of hydrogen-bond acceptors (Lipinski definition) is 4. The van der Waals surface area contributed by atoms with Gasteiger partial charge in [-0.1, -0.05) is 12.1 Å². The molecular weight excluding hydrogens is 333 g/mol. The van der Waals surface area contributed by atoms with E-state index in [0.717, 1.165) is 36.3 Å². The predicted octanol–water partition coefficient (Wildman–Crippen LogP) is 2.76. The summed E-state index contributed by atoms with van der Waals surface area (Å²) >= 11 is 0. The number of halogens is 1. The molecule has 0 spiro atoms. The molecule has 1 aromatic carbocycles. The number of benzene rings is 1. The molecule has 2 aliphatic rings. The van der Waals surface area contributed by atoms with Crippen LogP contribution in [0.2, 0.25) is 0 Å². The Kier molecular flexibility index (Phi) is 4.03. The molecule has 4 rings (SSSR count). The van der Waals surface area contributed by atoms with Crippen molar-refractivity contribution in [3.05, 3.63) is 47.4 Å². The first-order valence-corrected chi connectivity index (χ1v) is 8.74. The first-order valence-electron chi connectivity index (χ1n) is 8.74. The Morgan fingerprint density at radius 1 is 1.35 bits per heavy atom. The second-order valence-electron chi connectivity index (χ2n) is 7.09. The molecule has 2 N–H and O–H groups in total. The van der Waals surface area contributed by atoms with Crippen LogP contribution >= 0.6 is 0 Å². The van der Waals surface area contributed by atoms with E-state index in [9.17, 15) is 9.18 Å². The van der Waals surface area contributed by atoms with Crippen LogP contribution in [0.1, 0.15) is 17.5 Å². The van der Waals surface area contributed by atoms with Crippen molar-refractivity contribution >= 4 is 23.2 Å². The van der Waals surface area contributed by atoms with Crippen LogP contribution < -0.4 is 15.5 Å². The summed E-state index contributed by atoms with van der Waals surface area (Å²) < 4.78 is 14.6. The van der Waals surface area contributed by atoms with E-state index >= 15 is 0 Å². The number of pyridine rings is 1. The molecule has 0 saturated carbocycles. The van der Waals surface area contributed by atoms with Crippen LogP contribution in [-0.2, 0) is 6.54 Å². The summed E-state index contributed by atoms with van der Waals surface area (Å²) in [6.07, 6.45) is 2.56. The Hall–Kier alpha value is -2.67. The van der Waals surface area contributed by atoms with E-state index in [1.165, 1.54) is 11.0 Å². The lowest BCUT2D eigenvalue weighted by molar-refractivity contribution is 0.247. The Morgan fingerprint density at radius 2 is 2.15 bits per heavy atom. The Bertz CT molecular complexity index is 851. The molecule has 2 aromatic rings. The number of aromatic nitrogens is 1. The molecule has 2 amide bonds. The zero-order chi connectivity index (χ0) is 18.4. The lowest BCUT2D eigenvalue weighted by Gasteiger charge is -2.40. The Balaban J connectivity index is 1.83. The maximum absolute atomic E-state index is 14.6. The lowest BCUT2D eigenvalue weighted by atomic mass is 10.1. The summed E-state index contributed by atoms with van der Waals surface area (Å²) in [6, 6.07) is 6.43. The van der Waals surface area contributed by atoms with E-state index in [1.54, 1.807) is 23.2 Å². The molecule has 6 nitrogen and oxygen atoms in total. The molecule has 3 heterocycles. The summed E-state index contributed by atoms with van der Waals surface area (Å²) in [7, 11) is 2.04. The fourth-order valence-electron chi connectivity index (χ4n) is 3.92. The van der Waals surface area contributed by atoms with Crippen molar-refractivity contribution in [1.82, 2.24) is 9.88 Å². The third-order valence-electron chi connectivity index (χ3n) is 5.20. The number of anilines is 3. The zero-order valence-corrected chi connectivity index (χ0v) is 14.9. The number of nitrogens with two attached hydrogens (primary N) is 1.